The Balaban J connectivity index is 2.97. The van der Waals surface area contributed by atoms with Crippen LogP contribution in [0.1, 0.15) is 13.3 Å². The van der Waals surface area contributed by atoms with Crippen LogP contribution in [-0.2, 0) is 4.79 Å². The normalized spacial score (nSPS) is 11.5. The molecule has 5 nitrogen and oxygen atoms in total. The van der Waals surface area contributed by atoms with E-state index in [-0.39, 0.29) is 10.9 Å². The lowest BCUT2D eigenvalue weighted by Gasteiger charge is -2.16. The second-order valence-electron chi connectivity index (χ2n) is 3.92. The molecule has 0 aliphatic heterocycles. The molecule has 0 radical (unpaired) electrons. The second-order valence-corrected chi connectivity index (χ2v) is 4.39. The highest BCUT2D eigenvalue weighted by Crippen LogP contribution is 2.29. The molecule has 104 valence electrons. The summed E-state index contributed by atoms with van der Waals surface area (Å²) >= 11 is 4.88. The number of anilines is 1. The van der Waals surface area contributed by atoms with Gasteiger partial charge in [-0.2, -0.15) is 0 Å². The first-order valence-electron chi connectivity index (χ1n) is 5.85. The lowest BCUT2D eigenvalue weighted by Crippen LogP contribution is -2.32. The highest BCUT2D eigenvalue weighted by atomic mass is 32.1. The lowest BCUT2D eigenvalue weighted by molar-refractivity contribution is -0.118. The molecule has 0 heterocycles. The van der Waals surface area contributed by atoms with Crippen molar-refractivity contribution in [3.05, 3.63) is 18.2 Å². The molecule has 6 heteroatoms. The first-order valence-corrected chi connectivity index (χ1v) is 6.26. The molecule has 0 spiro atoms. The smallest absolute Gasteiger partial charge is 0.234 e. The molecule has 0 aromatic heterocycles. The fraction of sp³-hybridized carbons (Fsp3) is 0.385. The van der Waals surface area contributed by atoms with E-state index in [9.17, 15) is 4.79 Å². The van der Waals surface area contributed by atoms with Gasteiger partial charge < -0.3 is 20.5 Å². The number of amides is 1. The molecule has 1 atom stereocenters. The van der Waals surface area contributed by atoms with Gasteiger partial charge in [-0.05, 0) is 18.6 Å². The number of hydrogen-bond donors (Lipinski definition) is 2. The molecule has 3 N–H and O–H groups in total. The van der Waals surface area contributed by atoms with Gasteiger partial charge in [0.1, 0.15) is 11.5 Å². The maximum Gasteiger partial charge on any atom is 0.234 e. The number of methoxy groups -OCH3 is 2. The number of thiocarbonyl (C=S) groups is 1. The van der Waals surface area contributed by atoms with Gasteiger partial charge in [0.2, 0.25) is 5.91 Å². The Morgan fingerprint density at radius 2 is 2.11 bits per heavy atom. The third kappa shape index (κ3) is 3.82. The molecule has 1 rings (SSSR count). The van der Waals surface area contributed by atoms with Crippen LogP contribution < -0.4 is 20.5 Å². The van der Waals surface area contributed by atoms with Gasteiger partial charge in [0.05, 0.1) is 30.8 Å². The molecule has 1 aromatic rings. The van der Waals surface area contributed by atoms with Crippen LogP contribution in [-0.4, -0.2) is 25.1 Å². The van der Waals surface area contributed by atoms with E-state index in [1.165, 1.54) is 7.11 Å². The van der Waals surface area contributed by atoms with E-state index in [2.05, 4.69) is 5.32 Å². The maximum absolute atomic E-state index is 12.1. The minimum atomic E-state index is -0.495. The standard InChI is InChI=1S/C13H18N2O3S/c1-4-9(12(14)19)13(16)15-10-7-8(17-2)5-6-11(10)18-3/h5-7,9H,4H2,1-3H3,(H2,14,19)(H,15,16). The fourth-order valence-corrected chi connectivity index (χ4v) is 1.92. The first kappa shape index (κ1) is 15.2. The van der Waals surface area contributed by atoms with Gasteiger partial charge in [0.25, 0.3) is 0 Å². The topological polar surface area (TPSA) is 73.6 Å². The van der Waals surface area contributed by atoms with Crippen molar-refractivity contribution in [2.24, 2.45) is 11.7 Å². The summed E-state index contributed by atoms with van der Waals surface area (Å²) in [5.41, 5.74) is 6.07. The number of hydrogen-bond acceptors (Lipinski definition) is 4. The SMILES string of the molecule is CCC(C(=O)Nc1cc(OC)ccc1OC)C(N)=S. The van der Waals surface area contributed by atoms with Crippen LogP contribution in [0.2, 0.25) is 0 Å². The van der Waals surface area contributed by atoms with Gasteiger partial charge in [0, 0.05) is 6.07 Å². The van der Waals surface area contributed by atoms with Crippen molar-refractivity contribution in [3.63, 3.8) is 0 Å². The largest absolute Gasteiger partial charge is 0.497 e. The van der Waals surface area contributed by atoms with Crippen LogP contribution in [0.3, 0.4) is 0 Å². The van der Waals surface area contributed by atoms with Gasteiger partial charge in [0.15, 0.2) is 0 Å². The predicted octanol–water partition coefficient (Wildman–Crippen LogP) is 1.95. The van der Waals surface area contributed by atoms with E-state index in [1.807, 2.05) is 6.92 Å². The summed E-state index contributed by atoms with van der Waals surface area (Å²) in [6.45, 7) is 1.85. The summed E-state index contributed by atoms with van der Waals surface area (Å²) in [6.07, 6.45) is 0.549. The Morgan fingerprint density at radius 3 is 2.58 bits per heavy atom. The molecular weight excluding hydrogens is 264 g/mol. The van der Waals surface area contributed by atoms with E-state index in [4.69, 9.17) is 27.4 Å². The van der Waals surface area contributed by atoms with Crippen molar-refractivity contribution in [1.82, 2.24) is 0 Å². The van der Waals surface area contributed by atoms with Crippen molar-refractivity contribution >= 4 is 28.8 Å². The Bertz CT molecular complexity index is 477. The monoisotopic (exact) mass is 282 g/mol. The number of carbonyl (C=O) groups is 1. The summed E-state index contributed by atoms with van der Waals surface area (Å²) in [5, 5.41) is 2.76. The van der Waals surface area contributed by atoms with Crippen molar-refractivity contribution in [1.29, 1.82) is 0 Å². The van der Waals surface area contributed by atoms with Crippen LogP contribution in [0.4, 0.5) is 5.69 Å². The molecule has 0 saturated carbocycles. The Morgan fingerprint density at radius 1 is 1.42 bits per heavy atom. The number of rotatable bonds is 6. The van der Waals surface area contributed by atoms with Crippen molar-refractivity contribution < 1.29 is 14.3 Å². The molecule has 0 aliphatic rings. The van der Waals surface area contributed by atoms with Crippen LogP contribution >= 0.6 is 12.2 Å². The molecule has 19 heavy (non-hydrogen) atoms. The van der Waals surface area contributed by atoms with E-state index in [1.54, 1.807) is 25.3 Å². The van der Waals surface area contributed by atoms with Gasteiger partial charge in [-0.1, -0.05) is 19.1 Å². The third-order valence-corrected chi connectivity index (χ3v) is 3.02. The van der Waals surface area contributed by atoms with Gasteiger partial charge in [-0.25, -0.2) is 0 Å². The van der Waals surface area contributed by atoms with Crippen LogP contribution in [0.15, 0.2) is 18.2 Å². The van der Waals surface area contributed by atoms with Crippen LogP contribution in [0.25, 0.3) is 0 Å². The highest BCUT2D eigenvalue weighted by Gasteiger charge is 2.20. The Labute approximate surface area is 118 Å². The molecular formula is C13H18N2O3S. The number of benzene rings is 1. The molecule has 1 unspecified atom stereocenters. The minimum Gasteiger partial charge on any atom is -0.497 e. The molecule has 0 aliphatic carbocycles. The maximum atomic E-state index is 12.1. The van der Waals surface area contributed by atoms with Crippen molar-refractivity contribution in [2.45, 2.75) is 13.3 Å². The second kappa shape index (κ2) is 6.94. The molecule has 1 amide bonds. The zero-order valence-corrected chi connectivity index (χ0v) is 12.0. The first-order chi connectivity index (χ1) is 9.03. The van der Waals surface area contributed by atoms with Crippen LogP contribution in [0, 0.1) is 5.92 Å². The minimum absolute atomic E-state index is 0.182. The number of nitrogens with one attached hydrogen (secondary N) is 1. The molecule has 0 fully saturated rings. The average molecular weight is 282 g/mol. The molecule has 0 bridgehead atoms. The van der Waals surface area contributed by atoms with E-state index >= 15 is 0 Å². The van der Waals surface area contributed by atoms with Gasteiger partial charge >= 0.3 is 0 Å². The summed E-state index contributed by atoms with van der Waals surface area (Å²) in [7, 11) is 3.08. The predicted molar refractivity (Wildman–Crippen MR) is 78.7 cm³/mol. The molecule has 0 saturated heterocycles. The molecule has 1 aromatic carbocycles. The van der Waals surface area contributed by atoms with E-state index in [0.29, 0.717) is 23.6 Å². The summed E-state index contributed by atoms with van der Waals surface area (Å²) < 4.78 is 10.3. The van der Waals surface area contributed by atoms with Gasteiger partial charge in [-0.3, -0.25) is 4.79 Å². The zero-order chi connectivity index (χ0) is 14.4. The van der Waals surface area contributed by atoms with Crippen LogP contribution in [0.5, 0.6) is 11.5 Å². The summed E-state index contributed by atoms with van der Waals surface area (Å²) in [4.78, 5) is 12.3. The lowest BCUT2D eigenvalue weighted by atomic mass is 10.1. The quantitative estimate of drug-likeness (QED) is 0.780. The van der Waals surface area contributed by atoms with E-state index in [0.717, 1.165) is 0 Å². The Kier molecular flexibility index (Phi) is 5.57. The number of carbonyl (C=O) groups excluding carboxylic acids is 1. The summed E-state index contributed by atoms with van der Waals surface area (Å²) in [6, 6.07) is 5.15. The van der Waals surface area contributed by atoms with Crippen molar-refractivity contribution in [2.75, 3.05) is 19.5 Å². The van der Waals surface area contributed by atoms with E-state index < -0.39 is 5.92 Å². The van der Waals surface area contributed by atoms with Gasteiger partial charge in [-0.15, -0.1) is 0 Å². The highest BCUT2D eigenvalue weighted by molar-refractivity contribution is 7.80. The number of nitrogens with two attached hydrogens (primary N) is 1. The summed E-state index contributed by atoms with van der Waals surface area (Å²) in [5.74, 6) is 0.430. The Hall–Kier alpha value is -1.82. The average Bonchev–Trinajstić information content (AvgIpc) is 2.38. The third-order valence-electron chi connectivity index (χ3n) is 2.73. The number of ether oxygens (including phenoxy) is 2. The zero-order valence-electron chi connectivity index (χ0n) is 11.2. The fourth-order valence-electron chi connectivity index (χ4n) is 1.65. The van der Waals surface area contributed by atoms with Crippen molar-refractivity contribution in [3.8, 4) is 11.5 Å².